The van der Waals surface area contributed by atoms with Crippen molar-refractivity contribution in [2.45, 2.75) is 6.18 Å². The summed E-state index contributed by atoms with van der Waals surface area (Å²) in [6.07, 6.45) is -3.57. The summed E-state index contributed by atoms with van der Waals surface area (Å²) in [5.41, 5.74) is -1.99. The van der Waals surface area contributed by atoms with Crippen LogP contribution in [0.3, 0.4) is 0 Å². The first-order chi connectivity index (χ1) is 17.8. The molecule has 4 amide bonds. The Kier molecular flexibility index (Phi) is 7.24. The zero-order valence-corrected chi connectivity index (χ0v) is 20.9. The molecule has 38 heavy (non-hydrogen) atoms. The second-order valence-corrected chi connectivity index (χ2v) is 8.95. The summed E-state index contributed by atoms with van der Waals surface area (Å²) in [6.45, 7) is 0. The molecule has 1 heterocycles. The number of halogens is 5. The van der Waals surface area contributed by atoms with Crippen molar-refractivity contribution in [1.82, 2.24) is 5.32 Å². The minimum atomic E-state index is -4.78. The molecule has 3 aromatic rings. The molecule has 0 spiro atoms. The zero-order valence-electron chi connectivity index (χ0n) is 18.6. The summed E-state index contributed by atoms with van der Waals surface area (Å²) in [7, 11) is 0. The fourth-order valence-electron chi connectivity index (χ4n) is 3.38. The molecule has 0 atom stereocenters. The van der Waals surface area contributed by atoms with Gasteiger partial charge in [0.2, 0.25) is 5.75 Å². The lowest BCUT2D eigenvalue weighted by atomic mass is 10.1. The molecule has 3 aromatic carbocycles. The number of nitrogens with zero attached hydrogens (tertiary/aromatic N) is 2. The molecule has 0 aromatic heterocycles. The quantitative estimate of drug-likeness (QED) is 0.153. The highest BCUT2D eigenvalue weighted by molar-refractivity contribution is 9.10. The van der Waals surface area contributed by atoms with Crippen molar-refractivity contribution >= 4 is 62.8 Å². The van der Waals surface area contributed by atoms with Crippen molar-refractivity contribution in [2.75, 3.05) is 4.90 Å². The molecule has 1 fully saturated rings. The van der Waals surface area contributed by atoms with Crippen LogP contribution in [0.4, 0.5) is 29.3 Å². The van der Waals surface area contributed by atoms with Crippen LogP contribution in [0, 0.1) is 10.1 Å². The van der Waals surface area contributed by atoms with Crippen molar-refractivity contribution in [2.24, 2.45) is 0 Å². The smallest absolute Gasteiger partial charge is 0.416 e. The molecule has 0 saturated carbocycles. The minimum Gasteiger partial charge on any atom is -0.449 e. The fourth-order valence-corrected chi connectivity index (χ4v) is 3.98. The number of hydrogen-bond acceptors (Lipinski definition) is 6. The number of rotatable bonds is 5. The van der Waals surface area contributed by atoms with Gasteiger partial charge in [0.25, 0.3) is 11.8 Å². The maximum Gasteiger partial charge on any atom is 0.416 e. The third kappa shape index (κ3) is 5.53. The number of nitrogens with one attached hydrogen (secondary N) is 1. The second kappa shape index (κ2) is 10.3. The van der Waals surface area contributed by atoms with Gasteiger partial charge in [-0.2, -0.15) is 13.2 Å². The van der Waals surface area contributed by atoms with Crippen molar-refractivity contribution in [1.29, 1.82) is 0 Å². The van der Waals surface area contributed by atoms with E-state index < -0.39 is 45.9 Å². The molecule has 0 unspecified atom stereocenters. The SMILES string of the molecule is O=C1NC(=O)N(c2ccc(Cl)cc2)C(=O)/C1=C/c1ccc(Oc2ccc(C(F)(F)F)cc2[N+](=O)[O-])c(Br)c1. The highest BCUT2D eigenvalue weighted by atomic mass is 79.9. The number of carbonyl (C=O) groups is 3. The Labute approximate surface area is 224 Å². The van der Waals surface area contributed by atoms with Gasteiger partial charge in [-0.15, -0.1) is 0 Å². The molecule has 0 aliphatic carbocycles. The van der Waals surface area contributed by atoms with E-state index >= 15 is 0 Å². The van der Waals surface area contributed by atoms with E-state index in [0.717, 1.165) is 11.0 Å². The molecule has 14 heteroatoms. The number of nitro groups is 1. The van der Waals surface area contributed by atoms with Gasteiger partial charge in [-0.3, -0.25) is 25.0 Å². The van der Waals surface area contributed by atoms with Crippen molar-refractivity contribution < 1.29 is 37.2 Å². The molecule has 0 radical (unpaired) electrons. The highest BCUT2D eigenvalue weighted by Gasteiger charge is 2.37. The average molecular weight is 611 g/mol. The molecule has 194 valence electrons. The number of nitro benzene ring substituents is 1. The number of alkyl halides is 3. The Morgan fingerprint density at radius 3 is 2.26 bits per heavy atom. The van der Waals surface area contributed by atoms with E-state index in [9.17, 15) is 37.7 Å². The number of urea groups is 1. The van der Waals surface area contributed by atoms with Gasteiger partial charge in [0.15, 0.2) is 0 Å². The van der Waals surface area contributed by atoms with Crippen molar-refractivity contribution in [3.8, 4) is 11.5 Å². The number of barbiturate groups is 1. The zero-order chi connectivity index (χ0) is 27.8. The predicted octanol–water partition coefficient (Wildman–Crippen LogP) is 6.49. The number of carbonyl (C=O) groups excluding carboxylic acids is 3. The largest absolute Gasteiger partial charge is 0.449 e. The van der Waals surface area contributed by atoms with Crippen LogP contribution in [0.25, 0.3) is 6.08 Å². The van der Waals surface area contributed by atoms with E-state index in [1.165, 1.54) is 48.5 Å². The number of anilines is 1. The Morgan fingerprint density at radius 1 is 1.00 bits per heavy atom. The number of hydrogen-bond donors (Lipinski definition) is 1. The first-order valence-corrected chi connectivity index (χ1v) is 11.5. The van der Waals surface area contributed by atoms with Crippen molar-refractivity contribution in [3.63, 3.8) is 0 Å². The van der Waals surface area contributed by atoms with Crippen molar-refractivity contribution in [3.05, 3.63) is 97.0 Å². The van der Waals surface area contributed by atoms with Crippen LogP contribution < -0.4 is 15.0 Å². The molecule has 4 rings (SSSR count). The van der Waals surface area contributed by atoms with E-state index in [2.05, 4.69) is 21.2 Å². The topological polar surface area (TPSA) is 119 Å². The predicted molar refractivity (Wildman–Crippen MR) is 133 cm³/mol. The Morgan fingerprint density at radius 2 is 1.66 bits per heavy atom. The van der Waals surface area contributed by atoms with Gasteiger partial charge >= 0.3 is 17.9 Å². The number of amides is 4. The van der Waals surface area contributed by atoms with E-state index in [4.69, 9.17) is 16.3 Å². The fraction of sp³-hybridized carbons (Fsp3) is 0.0417. The van der Waals surface area contributed by atoms with Gasteiger partial charge in [-0.25, -0.2) is 9.69 Å². The van der Waals surface area contributed by atoms with Crippen LogP contribution >= 0.6 is 27.5 Å². The monoisotopic (exact) mass is 609 g/mol. The molecule has 1 aliphatic rings. The number of benzene rings is 3. The van der Waals surface area contributed by atoms with E-state index in [1.54, 1.807) is 0 Å². The lowest BCUT2D eigenvalue weighted by Gasteiger charge is -2.26. The standard InChI is InChI=1S/C24H12BrClF3N3O6/c25-17-10-12(1-7-19(17)38-20-8-2-13(24(27,28)29)11-18(20)32(36)37)9-16-21(33)30-23(35)31(22(16)34)15-5-3-14(26)4-6-15/h1-11H,(H,30,33,35)/b16-9+. The summed E-state index contributed by atoms with van der Waals surface area (Å²) in [4.78, 5) is 48.8. The first-order valence-electron chi connectivity index (χ1n) is 10.3. The van der Waals surface area contributed by atoms with E-state index in [-0.39, 0.29) is 21.5 Å². The van der Waals surface area contributed by atoms with Gasteiger partial charge in [-0.1, -0.05) is 17.7 Å². The third-order valence-corrected chi connectivity index (χ3v) is 6.03. The lowest BCUT2D eigenvalue weighted by Crippen LogP contribution is -2.54. The molecular formula is C24H12BrClF3N3O6. The number of imide groups is 2. The molecule has 1 N–H and O–H groups in total. The van der Waals surface area contributed by atoms with Gasteiger partial charge in [-0.05, 0) is 76.1 Å². The molecule has 0 bridgehead atoms. The van der Waals surface area contributed by atoms with Gasteiger partial charge < -0.3 is 4.74 Å². The van der Waals surface area contributed by atoms with Gasteiger partial charge in [0.1, 0.15) is 11.3 Å². The maximum atomic E-state index is 13.0. The van der Waals surface area contributed by atoms with Crippen LogP contribution in [-0.2, 0) is 15.8 Å². The van der Waals surface area contributed by atoms with E-state index in [0.29, 0.717) is 22.7 Å². The van der Waals surface area contributed by atoms with Gasteiger partial charge in [0, 0.05) is 11.1 Å². The second-order valence-electron chi connectivity index (χ2n) is 7.66. The lowest BCUT2D eigenvalue weighted by molar-refractivity contribution is -0.385. The Hall–Kier alpha value is -4.23. The minimum absolute atomic E-state index is 0.00685. The first kappa shape index (κ1) is 26.8. The number of ether oxygens (including phenoxy) is 1. The maximum absolute atomic E-state index is 13.0. The summed E-state index contributed by atoms with van der Waals surface area (Å²) in [6, 6.07) is 10.8. The van der Waals surface area contributed by atoms with Crippen LogP contribution in [0.5, 0.6) is 11.5 Å². The van der Waals surface area contributed by atoms with Gasteiger partial charge in [0.05, 0.1) is 20.6 Å². The highest BCUT2D eigenvalue weighted by Crippen LogP contribution is 2.39. The average Bonchev–Trinajstić information content (AvgIpc) is 2.84. The van der Waals surface area contributed by atoms with Crippen LogP contribution in [-0.4, -0.2) is 22.8 Å². The van der Waals surface area contributed by atoms with Crippen LogP contribution in [0.15, 0.2) is 70.7 Å². The van der Waals surface area contributed by atoms with Crippen LogP contribution in [0.2, 0.25) is 5.02 Å². The van der Waals surface area contributed by atoms with E-state index in [1.807, 2.05) is 0 Å². The normalized spacial score (nSPS) is 15.0. The molecule has 1 aliphatic heterocycles. The molecule has 1 saturated heterocycles. The summed E-state index contributed by atoms with van der Waals surface area (Å²) >= 11 is 9.05. The Balaban J connectivity index is 1.63. The summed E-state index contributed by atoms with van der Waals surface area (Å²) in [5.74, 6) is -2.25. The Bertz CT molecular complexity index is 1530. The third-order valence-electron chi connectivity index (χ3n) is 5.16. The van der Waals surface area contributed by atoms with Crippen LogP contribution in [0.1, 0.15) is 11.1 Å². The summed E-state index contributed by atoms with van der Waals surface area (Å²) in [5, 5.41) is 13.8. The molecular weight excluding hydrogens is 599 g/mol. The molecule has 9 nitrogen and oxygen atoms in total. The summed E-state index contributed by atoms with van der Waals surface area (Å²) < 4.78 is 44.5.